The van der Waals surface area contributed by atoms with Crippen molar-refractivity contribution in [1.82, 2.24) is 4.98 Å². The summed E-state index contributed by atoms with van der Waals surface area (Å²) in [5.41, 5.74) is 7.73. The van der Waals surface area contributed by atoms with E-state index in [1.54, 1.807) is 36.2 Å². The van der Waals surface area contributed by atoms with Crippen LogP contribution in [0.5, 0.6) is 0 Å². The van der Waals surface area contributed by atoms with E-state index in [0.29, 0.717) is 10.6 Å². The predicted molar refractivity (Wildman–Crippen MR) is 124 cm³/mol. The largest absolute Gasteiger partial charge is 0.430 e. The molecule has 2 heterocycles. The summed E-state index contributed by atoms with van der Waals surface area (Å²) >= 11 is 3.03. The number of para-hydroxylation sites is 1. The molecule has 3 nitrogen and oxygen atoms in total. The number of alkyl halides is 3. The number of pyridine rings is 1. The first-order valence-electron chi connectivity index (χ1n) is 9.57. The highest BCUT2D eigenvalue weighted by atomic mass is 32.2. The van der Waals surface area contributed by atoms with Gasteiger partial charge in [0.1, 0.15) is 5.70 Å². The quantitative estimate of drug-likeness (QED) is 0.316. The molecule has 0 amide bonds. The SMILES string of the molecule is CCSc1ncc(-c2ccc(C(C=C(N)C(F)(F)F)=Nc3ccccc3C)s2)cc1C. The van der Waals surface area contributed by atoms with E-state index in [1.807, 2.05) is 38.1 Å². The Kier molecular flexibility index (Phi) is 7.23. The lowest BCUT2D eigenvalue weighted by Crippen LogP contribution is -2.20. The number of thioether (sulfide) groups is 1. The molecule has 0 aliphatic heterocycles. The monoisotopic (exact) mass is 461 g/mol. The van der Waals surface area contributed by atoms with Gasteiger partial charge in [-0.05, 0) is 61.1 Å². The van der Waals surface area contributed by atoms with Crippen LogP contribution in [0.25, 0.3) is 10.4 Å². The van der Waals surface area contributed by atoms with Crippen LogP contribution < -0.4 is 5.73 Å². The molecule has 0 fully saturated rings. The number of aliphatic imine (C=N–C) groups is 1. The third-order valence-electron chi connectivity index (χ3n) is 4.43. The van der Waals surface area contributed by atoms with E-state index in [9.17, 15) is 13.2 Å². The van der Waals surface area contributed by atoms with Gasteiger partial charge in [-0.15, -0.1) is 23.1 Å². The number of halogens is 3. The predicted octanol–water partition coefficient (Wildman–Crippen LogP) is 7.06. The number of aromatic nitrogens is 1. The molecule has 0 aliphatic carbocycles. The molecule has 3 aromatic rings. The first-order chi connectivity index (χ1) is 14.7. The smallest absolute Gasteiger partial charge is 0.395 e. The lowest BCUT2D eigenvalue weighted by molar-refractivity contribution is -0.0925. The van der Waals surface area contributed by atoms with Gasteiger partial charge >= 0.3 is 6.18 Å². The van der Waals surface area contributed by atoms with Gasteiger partial charge in [0.15, 0.2) is 0 Å². The normalized spacial score (nSPS) is 13.0. The Morgan fingerprint density at radius 1 is 1.16 bits per heavy atom. The van der Waals surface area contributed by atoms with Crippen molar-refractivity contribution < 1.29 is 13.2 Å². The summed E-state index contributed by atoms with van der Waals surface area (Å²) in [4.78, 5) is 10.5. The fraction of sp³-hybridized carbons (Fsp3) is 0.217. The second kappa shape index (κ2) is 9.70. The van der Waals surface area contributed by atoms with Crippen molar-refractivity contribution in [3.05, 3.63) is 76.4 Å². The molecule has 2 aromatic heterocycles. The first-order valence-corrected chi connectivity index (χ1v) is 11.4. The van der Waals surface area contributed by atoms with Crippen molar-refractivity contribution in [2.45, 2.75) is 32.0 Å². The van der Waals surface area contributed by atoms with Crippen LogP contribution in [0.15, 0.2) is 70.5 Å². The van der Waals surface area contributed by atoms with Crippen LogP contribution in [0, 0.1) is 13.8 Å². The fourth-order valence-electron chi connectivity index (χ4n) is 2.82. The summed E-state index contributed by atoms with van der Waals surface area (Å²) in [5.74, 6) is 0.933. The number of benzene rings is 1. The van der Waals surface area contributed by atoms with Crippen LogP contribution >= 0.6 is 23.1 Å². The van der Waals surface area contributed by atoms with Crippen molar-refractivity contribution in [2.24, 2.45) is 10.7 Å². The van der Waals surface area contributed by atoms with E-state index in [0.717, 1.165) is 38.4 Å². The van der Waals surface area contributed by atoms with E-state index >= 15 is 0 Å². The third-order valence-corrected chi connectivity index (χ3v) is 6.58. The van der Waals surface area contributed by atoms with Crippen molar-refractivity contribution in [1.29, 1.82) is 0 Å². The maximum Gasteiger partial charge on any atom is 0.430 e. The zero-order chi connectivity index (χ0) is 22.6. The summed E-state index contributed by atoms with van der Waals surface area (Å²) in [6.45, 7) is 5.93. The van der Waals surface area contributed by atoms with Crippen molar-refractivity contribution in [3.8, 4) is 10.4 Å². The van der Waals surface area contributed by atoms with Gasteiger partial charge in [0.25, 0.3) is 0 Å². The molecule has 31 heavy (non-hydrogen) atoms. The Morgan fingerprint density at radius 3 is 2.55 bits per heavy atom. The van der Waals surface area contributed by atoms with E-state index < -0.39 is 11.9 Å². The fourth-order valence-corrected chi connectivity index (χ4v) is 4.46. The first kappa shape index (κ1) is 23.1. The highest BCUT2D eigenvalue weighted by Gasteiger charge is 2.32. The van der Waals surface area contributed by atoms with Gasteiger partial charge in [-0.1, -0.05) is 25.1 Å². The number of rotatable bonds is 6. The van der Waals surface area contributed by atoms with Crippen LogP contribution in [0.3, 0.4) is 0 Å². The van der Waals surface area contributed by atoms with Gasteiger partial charge in [-0.3, -0.25) is 0 Å². The minimum atomic E-state index is -4.62. The minimum Gasteiger partial charge on any atom is -0.395 e. The van der Waals surface area contributed by atoms with Crippen LogP contribution in [-0.2, 0) is 0 Å². The molecule has 0 radical (unpaired) electrons. The van der Waals surface area contributed by atoms with E-state index in [1.165, 1.54) is 11.3 Å². The highest BCUT2D eigenvalue weighted by molar-refractivity contribution is 7.99. The molecule has 162 valence electrons. The van der Waals surface area contributed by atoms with Crippen LogP contribution in [0.4, 0.5) is 18.9 Å². The van der Waals surface area contributed by atoms with Crippen LogP contribution in [0.2, 0.25) is 0 Å². The average Bonchev–Trinajstić information content (AvgIpc) is 3.20. The zero-order valence-corrected chi connectivity index (χ0v) is 19.0. The lowest BCUT2D eigenvalue weighted by Gasteiger charge is -2.08. The number of allylic oxidation sites excluding steroid dienone is 2. The number of nitrogens with two attached hydrogens (primary N) is 1. The van der Waals surface area contributed by atoms with Crippen LogP contribution in [-0.4, -0.2) is 22.6 Å². The molecule has 0 aliphatic rings. The summed E-state index contributed by atoms with van der Waals surface area (Å²) < 4.78 is 39.3. The van der Waals surface area contributed by atoms with Gasteiger partial charge in [-0.2, -0.15) is 13.2 Å². The molecule has 0 unspecified atom stereocenters. The molecular formula is C23H22F3N3S2. The Balaban J connectivity index is 2.04. The molecule has 0 saturated heterocycles. The van der Waals surface area contributed by atoms with Crippen molar-refractivity contribution in [2.75, 3.05) is 5.75 Å². The van der Waals surface area contributed by atoms with Gasteiger partial charge in [0.2, 0.25) is 0 Å². The molecule has 0 bridgehead atoms. The maximum absolute atomic E-state index is 13.1. The van der Waals surface area contributed by atoms with Gasteiger partial charge < -0.3 is 5.73 Å². The molecule has 0 atom stereocenters. The second-order valence-electron chi connectivity index (χ2n) is 6.82. The van der Waals surface area contributed by atoms with E-state index in [2.05, 4.69) is 16.9 Å². The average molecular weight is 462 g/mol. The number of hydrogen-bond acceptors (Lipinski definition) is 5. The number of nitrogens with zero attached hydrogens (tertiary/aromatic N) is 2. The Labute approximate surface area is 187 Å². The Bertz CT molecular complexity index is 1130. The van der Waals surface area contributed by atoms with E-state index in [-0.39, 0.29) is 5.71 Å². The zero-order valence-electron chi connectivity index (χ0n) is 17.3. The molecule has 3 rings (SSSR count). The Hall–Kier alpha value is -2.58. The van der Waals surface area contributed by atoms with Crippen molar-refractivity contribution >= 4 is 34.5 Å². The summed E-state index contributed by atoms with van der Waals surface area (Å²) in [5, 5.41) is 0.978. The summed E-state index contributed by atoms with van der Waals surface area (Å²) in [7, 11) is 0. The molecule has 0 saturated carbocycles. The van der Waals surface area contributed by atoms with Crippen LogP contribution in [0.1, 0.15) is 22.9 Å². The molecule has 2 N–H and O–H groups in total. The molecular weight excluding hydrogens is 439 g/mol. The minimum absolute atomic E-state index is 0.170. The van der Waals surface area contributed by atoms with Gasteiger partial charge in [0, 0.05) is 16.6 Å². The number of hydrogen-bond donors (Lipinski definition) is 1. The van der Waals surface area contributed by atoms with E-state index in [4.69, 9.17) is 5.73 Å². The maximum atomic E-state index is 13.1. The molecule has 8 heteroatoms. The highest BCUT2D eigenvalue weighted by Crippen LogP contribution is 2.33. The third kappa shape index (κ3) is 5.77. The lowest BCUT2D eigenvalue weighted by atomic mass is 10.2. The topological polar surface area (TPSA) is 51.3 Å². The summed E-state index contributed by atoms with van der Waals surface area (Å²) in [6.07, 6.45) is -1.94. The standard InChI is InChI=1S/C23H22F3N3S2/c1-4-30-22-15(3)11-16(13-28-22)19-9-10-20(31-19)18(12-21(27)23(24,25)26)29-17-8-6-5-7-14(17)2/h5-13H,4,27H2,1-3H3. The number of aryl methyl sites for hydroxylation is 2. The molecule has 1 aromatic carbocycles. The Morgan fingerprint density at radius 2 is 1.90 bits per heavy atom. The van der Waals surface area contributed by atoms with Gasteiger partial charge in [-0.25, -0.2) is 9.98 Å². The number of thiophene rings is 1. The van der Waals surface area contributed by atoms with Crippen molar-refractivity contribution in [3.63, 3.8) is 0 Å². The second-order valence-corrected chi connectivity index (χ2v) is 9.16. The summed E-state index contributed by atoms with van der Waals surface area (Å²) in [6, 6.07) is 12.9. The van der Waals surface area contributed by atoms with Gasteiger partial charge in [0.05, 0.1) is 21.3 Å². The molecule has 0 spiro atoms.